The van der Waals surface area contributed by atoms with Crippen LogP contribution >= 0.6 is 0 Å². The van der Waals surface area contributed by atoms with Gasteiger partial charge in [-0.1, -0.05) is 6.07 Å². The molecule has 1 atom stereocenters. The third kappa shape index (κ3) is 5.97. The molecule has 3 rings (SSSR count). The molecular formula is C25H29N3O4. The van der Waals surface area contributed by atoms with Crippen LogP contribution in [0.15, 0.2) is 59.4 Å². The lowest BCUT2D eigenvalue weighted by atomic mass is 10.1. The first kappa shape index (κ1) is 23.1. The Morgan fingerprint density at radius 3 is 2.34 bits per heavy atom. The third-order valence-corrected chi connectivity index (χ3v) is 4.90. The van der Waals surface area contributed by atoms with Crippen LogP contribution in [0.25, 0.3) is 11.3 Å². The minimum atomic E-state index is -0.758. The summed E-state index contributed by atoms with van der Waals surface area (Å²) in [6.07, 6.45) is 0. The zero-order chi connectivity index (χ0) is 23.1. The molecule has 0 aliphatic heterocycles. The van der Waals surface area contributed by atoms with Gasteiger partial charge in [0.1, 0.15) is 24.1 Å². The van der Waals surface area contributed by atoms with Crippen molar-refractivity contribution >= 4 is 5.91 Å². The second-order valence-electron chi connectivity index (χ2n) is 7.60. The molecule has 0 fully saturated rings. The van der Waals surface area contributed by atoms with E-state index in [0.717, 1.165) is 28.2 Å². The molecule has 168 valence electrons. The normalized spacial score (nSPS) is 11.6. The molecule has 1 aromatic heterocycles. The molecule has 0 aliphatic carbocycles. The second kappa shape index (κ2) is 10.6. The summed E-state index contributed by atoms with van der Waals surface area (Å²) in [5.41, 5.74) is 3.34. The van der Waals surface area contributed by atoms with E-state index in [1.54, 1.807) is 13.0 Å². The van der Waals surface area contributed by atoms with Crippen LogP contribution in [0.1, 0.15) is 31.0 Å². The van der Waals surface area contributed by atoms with Gasteiger partial charge >= 0.3 is 0 Å². The first-order chi connectivity index (χ1) is 15.4. The quantitative estimate of drug-likeness (QED) is 0.519. The zero-order valence-corrected chi connectivity index (χ0v) is 18.9. The van der Waals surface area contributed by atoms with Gasteiger partial charge in [-0.15, -0.1) is 0 Å². The molecule has 7 nitrogen and oxygen atoms in total. The van der Waals surface area contributed by atoms with E-state index < -0.39 is 6.04 Å². The SMILES string of the molecule is CCOc1ccc(-c2ccc(=O)n(C(C)C(=O)NCCOc3cc(C)cc(C)c3)n2)cc1. The second-order valence-corrected chi connectivity index (χ2v) is 7.60. The number of carbonyl (C=O) groups is 1. The number of amides is 1. The van der Waals surface area contributed by atoms with Gasteiger partial charge in [0.15, 0.2) is 0 Å². The molecule has 0 saturated heterocycles. The summed E-state index contributed by atoms with van der Waals surface area (Å²) in [7, 11) is 0. The molecule has 0 saturated carbocycles. The van der Waals surface area contributed by atoms with Gasteiger partial charge in [0.2, 0.25) is 5.91 Å². The number of hydrogen-bond donors (Lipinski definition) is 1. The molecule has 1 amide bonds. The number of nitrogens with zero attached hydrogens (tertiary/aromatic N) is 2. The third-order valence-electron chi connectivity index (χ3n) is 4.90. The monoisotopic (exact) mass is 435 g/mol. The summed E-state index contributed by atoms with van der Waals surface area (Å²) in [6.45, 7) is 8.83. The van der Waals surface area contributed by atoms with E-state index >= 15 is 0 Å². The smallest absolute Gasteiger partial charge is 0.267 e. The van der Waals surface area contributed by atoms with Gasteiger partial charge in [-0.05, 0) is 81.3 Å². The fraction of sp³-hybridized carbons (Fsp3) is 0.320. The summed E-state index contributed by atoms with van der Waals surface area (Å²) in [4.78, 5) is 24.9. The van der Waals surface area contributed by atoms with Gasteiger partial charge < -0.3 is 14.8 Å². The minimum absolute atomic E-state index is 0.299. The highest BCUT2D eigenvalue weighted by atomic mass is 16.5. The Hall–Kier alpha value is -3.61. The summed E-state index contributed by atoms with van der Waals surface area (Å²) in [5.74, 6) is 1.23. The number of hydrogen-bond acceptors (Lipinski definition) is 5. The molecule has 2 aromatic carbocycles. The first-order valence-electron chi connectivity index (χ1n) is 10.7. The number of aryl methyl sites for hydroxylation is 2. The van der Waals surface area contributed by atoms with Crippen molar-refractivity contribution in [2.45, 2.75) is 33.7 Å². The highest BCUT2D eigenvalue weighted by Gasteiger charge is 2.17. The van der Waals surface area contributed by atoms with Crippen molar-refractivity contribution < 1.29 is 14.3 Å². The maximum Gasteiger partial charge on any atom is 0.267 e. The molecule has 32 heavy (non-hydrogen) atoms. The molecule has 0 spiro atoms. The molecule has 3 aromatic rings. The van der Waals surface area contributed by atoms with Crippen molar-refractivity contribution in [1.82, 2.24) is 15.1 Å². The van der Waals surface area contributed by atoms with E-state index in [4.69, 9.17) is 9.47 Å². The Morgan fingerprint density at radius 1 is 1.00 bits per heavy atom. The molecule has 7 heteroatoms. The molecule has 1 N–H and O–H groups in total. The van der Waals surface area contributed by atoms with Crippen LogP contribution in [0.5, 0.6) is 11.5 Å². The van der Waals surface area contributed by atoms with Crippen LogP contribution in [0.2, 0.25) is 0 Å². The Kier molecular flexibility index (Phi) is 7.65. The number of benzene rings is 2. The fourth-order valence-electron chi connectivity index (χ4n) is 3.36. The predicted molar refractivity (Wildman–Crippen MR) is 124 cm³/mol. The van der Waals surface area contributed by atoms with Gasteiger partial charge in [-0.2, -0.15) is 5.10 Å². The molecule has 1 unspecified atom stereocenters. The number of nitrogens with one attached hydrogen (secondary N) is 1. The number of carbonyl (C=O) groups excluding carboxylic acids is 1. The highest BCUT2D eigenvalue weighted by Crippen LogP contribution is 2.20. The van der Waals surface area contributed by atoms with Crippen LogP contribution in [-0.4, -0.2) is 35.4 Å². The lowest BCUT2D eigenvalue weighted by molar-refractivity contribution is -0.124. The van der Waals surface area contributed by atoms with Gasteiger partial charge in [0, 0.05) is 11.6 Å². The number of rotatable bonds is 9. The maximum absolute atomic E-state index is 12.6. The molecule has 0 bridgehead atoms. The fourth-order valence-corrected chi connectivity index (χ4v) is 3.36. The molecule has 0 aliphatic rings. The van der Waals surface area contributed by atoms with E-state index in [2.05, 4.69) is 16.5 Å². The Balaban J connectivity index is 1.62. The van der Waals surface area contributed by atoms with Crippen molar-refractivity contribution in [3.8, 4) is 22.8 Å². The standard InChI is InChI=1S/C25H29N3O4/c1-5-31-21-8-6-20(7-9-21)23-10-11-24(29)28(27-23)19(4)25(30)26-12-13-32-22-15-17(2)14-18(3)16-22/h6-11,14-16,19H,5,12-13H2,1-4H3,(H,26,30). The molecular weight excluding hydrogens is 406 g/mol. The largest absolute Gasteiger partial charge is 0.494 e. The van der Waals surface area contributed by atoms with Crippen molar-refractivity contribution in [3.05, 3.63) is 76.1 Å². The van der Waals surface area contributed by atoms with Crippen molar-refractivity contribution in [1.29, 1.82) is 0 Å². The Morgan fingerprint density at radius 2 is 1.69 bits per heavy atom. The van der Waals surface area contributed by atoms with Gasteiger partial charge in [-0.3, -0.25) is 9.59 Å². The molecule has 1 heterocycles. The summed E-state index contributed by atoms with van der Waals surface area (Å²) in [6, 6.07) is 15.7. The average Bonchev–Trinajstić information content (AvgIpc) is 2.76. The Labute approximate surface area is 188 Å². The highest BCUT2D eigenvalue weighted by molar-refractivity contribution is 5.79. The van der Waals surface area contributed by atoms with E-state index in [0.29, 0.717) is 25.5 Å². The summed E-state index contributed by atoms with van der Waals surface area (Å²) < 4.78 is 12.4. The first-order valence-corrected chi connectivity index (χ1v) is 10.7. The molecule has 0 radical (unpaired) electrons. The van der Waals surface area contributed by atoms with Crippen LogP contribution in [-0.2, 0) is 4.79 Å². The number of ether oxygens (including phenoxy) is 2. The van der Waals surface area contributed by atoms with Gasteiger partial charge in [0.05, 0.1) is 18.8 Å². The van der Waals surface area contributed by atoms with Crippen LogP contribution < -0.4 is 20.3 Å². The average molecular weight is 436 g/mol. The Bertz CT molecular complexity index is 1100. The van der Waals surface area contributed by atoms with Crippen molar-refractivity contribution in [2.75, 3.05) is 19.8 Å². The van der Waals surface area contributed by atoms with E-state index in [9.17, 15) is 9.59 Å². The van der Waals surface area contributed by atoms with Crippen LogP contribution in [0.4, 0.5) is 0 Å². The van der Waals surface area contributed by atoms with E-state index in [-0.39, 0.29) is 11.5 Å². The van der Waals surface area contributed by atoms with Crippen molar-refractivity contribution in [3.63, 3.8) is 0 Å². The topological polar surface area (TPSA) is 82.5 Å². The van der Waals surface area contributed by atoms with Gasteiger partial charge in [0.25, 0.3) is 5.56 Å². The maximum atomic E-state index is 12.6. The van der Waals surface area contributed by atoms with E-state index in [1.807, 2.05) is 57.2 Å². The van der Waals surface area contributed by atoms with Gasteiger partial charge in [-0.25, -0.2) is 4.68 Å². The predicted octanol–water partition coefficient (Wildman–Crippen LogP) is 3.68. The lowest BCUT2D eigenvalue weighted by Crippen LogP contribution is -2.38. The number of aromatic nitrogens is 2. The van der Waals surface area contributed by atoms with Crippen LogP contribution in [0.3, 0.4) is 0 Å². The summed E-state index contributed by atoms with van der Waals surface area (Å²) >= 11 is 0. The zero-order valence-electron chi connectivity index (χ0n) is 18.9. The van der Waals surface area contributed by atoms with E-state index in [1.165, 1.54) is 10.7 Å². The summed E-state index contributed by atoms with van der Waals surface area (Å²) in [5, 5.41) is 7.21. The van der Waals surface area contributed by atoms with Crippen LogP contribution in [0, 0.1) is 13.8 Å². The lowest BCUT2D eigenvalue weighted by Gasteiger charge is -2.15. The van der Waals surface area contributed by atoms with Crippen molar-refractivity contribution in [2.24, 2.45) is 0 Å². The minimum Gasteiger partial charge on any atom is -0.494 e.